The Hall–Kier alpha value is -1.06. The second-order valence-corrected chi connectivity index (χ2v) is 7.41. The Morgan fingerprint density at radius 1 is 1.14 bits per heavy atom. The van der Waals surface area contributed by atoms with E-state index in [0.717, 1.165) is 48.9 Å². The molecule has 0 spiro atoms. The van der Waals surface area contributed by atoms with Crippen molar-refractivity contribution < 1.29 is 4.79 Å². The molecule has 1 heterocycles. The van der Waals surface area contributed by atoms with Gasteiger partial charge in [-0.2, -0.15) is 0 Å². The van der Waals surface area contributed by atoms with Crippen LogP contribution in [0.2, 0.25) is 0 Å². The maximum atomic E-state index is 12.5. The van der Waals surface area contributed by atoms with Crippen LogP contribution in [0.1, 0.15) is 30.4 Å². The van der Waals surface area contributed by atoms with Crippen LogP contribution in [0.4, 0.5) is 5.69 Å². The van der Waals surface area contributed by atoms with E-state index in [1.54, 1.807) is 0 Å². The van der Waals surface area contributed by atoms with Crippen LogP contribution in [0.15, 0.2) is 18.2 Å². The summed E-state index contributed by atoms with van der Waals surface area (Å²) in [6.45, 7) is 1.99. The lowest BCUT2D eigenvalue weighted by Gasteiger charge is -2.18. The minimum absolute atomic E-state index is 0. The highest BCUT2D eigenvalue weighted by molar-refractivity contribution is 5.95. The summed E-state index contributed by atoms with van der Waals surface area (Å²) in [5.74, 6) is 3.79. The first-order chi connectivity index (χ1) is 10.3. The van der Waals surface area contributed by atoms with Crippen LogP contribution in [0.5, 0.6) is 0 Å². The van der Waals surface area contributed by atoms with Crippen molar-refractivity contribution in [2.45, 2.75) is 32.2 Å². The average Bonchev–Trinajstić information content (AvgIpc) is 2.96. The summed E-state index contributed by atoms with van der Waals surface area (Å²) in [5, 5.41) is 6.58. The van der Waals surface area contributed by atoms with Crippen molar-refractivity contribution in [1.82, 2.24) is 5.32 Å². The molecule has 1 aromatic rings. The number of hydrogen-bond acceptors (Lipinski definition) is 2. The van der Waals surface area contributed by atoms with Gasteiger partial charge in [0.15, 0.2) is 0 Å². The molecule has 1 aromatic carbocycles. The Kier molecular flexibility index (Phi) is 3.46. The average molecular weight is 319 g/mol. The zero-order valence-corrected chi connectivity index (χ0v) is 13.5. The Balaban J connectivity index is 0.00000125. The Labute approximate surface area is 137 Å². The first-order valence-corrected chi connectivity index (χ1v) is 8.44. The van der Waals surface area contributed by atoms with Gasteiger partial charge in [-0.25, -0.2) is 0 Å². The van der Waals surface area contributed by atoms with Gasteiger partial charge in [-0.1, -0.05) is 6.07 Å². The van der Waals surface area contributed by atoms with Crippen LogP contribution in [0, 0.1) is 29.6 Å². The predicted molar refractivity (Wildman–Crippen MR) is 89.0 cm³/mol. The van der Waals surface area contributed by atoms with Gasteiger partial charge in [0.1, 0.15) is 0 Å². The number of carbonyl (C=O) groups excluding carboxylic acids is 1. The third kappa shape index (κ3) is 2.10. The second kappa shape index (κ2) is 5.24. The largest absolute Gasteiger partial charge is 0.326 e. The molecule has 3 aliphatic carbocycles. The predicted octanol–water partition coefficient (Wildman–Crippen LogP) is 2.98. The third-order valence-electron chi connectivity index (χ3n) is 6.40. The first kappa shape index (κ1) is 14.5. The molecule has 1 aliphatic heterocycles. The zero-order chi connectivity index (χ0) is 14.0. The van der Waals surface area contributed by atoms with Crippen molar-refractivity contribution in [1.29, 1.82) is 0 Å². The van der Waals surface area contributed by atoms with Crippen LogP contribution in [-0.2, 0) is 17.8 Å². The summed E-state index contributed by atoms with van der Waals surface area (Å²) in [4.78, 5) is 12.5. The molecular formula is C18H23ClN2O. The number of carbonyl (C=O) groups is 1. The van der Waals surface area contributed by atoms with Crippen molar-refractivity contribution in [3.05, 3.63) is 29.3 Å². The molecule has 3 saturated carbocycles. The van der Waals surface area contributed by atoms with E-state index in [1.807, 2.05) is 0 Å². The van der Waals surface area contributed by atoms with Gasteiger partial charge in [0.25, 0.3) is 0 Å². The van der Waals surface area contributed by atoms with Crippen molar-refractivity contribution in [3.63, 3.8) is 0 Å². The van der Waals surface area contributed by atoms with E-state index >= 15 is 0 Å². The molecule has 3 fully saturated rings. The van der Waals surface area contributed by atoms with E-state index in [1.165, 1.54) is 30.4 Å². The van der Waals surface area contributed by atoms with E-state index in [-0.39, 0.29) is 18.3 Å². The number of nitrogens with one attached hydrogen (secondary N) is 2. The molecule has 22 heavy (non-hydrogen) atoms. The summed E-state index contributed by atoms with van der Waals surface area (Å²) < 4.78 is 0. The quantitative estimate of drug-likeness (QED) is 0.880. The van der Waals surface area contributed by atoms with E-state index in [4.69, 9.17) is 0 Å². The topological polar surface area (TPSA) is 41.1 Å². The molecule has 4 atom stereocenters. The van der Waals surface area contributed by atoms with E-state index in [0.29, 0.717) is 5.92 Å². The maximum absolute atomic E-state index is 12.5. The summed E-state index contributed by atoms with van der Waals surface area (Å²) in [5.41, 5.74) is 3.75. The van der Waals surface area contributed by atoms with Gasteiger partial charge in [0, 0.05) is 18.2 Å². The lowest BCUT2D eigenvalue weighted by Crippen LogP contribution is -2.24. The molecule has 5 rings (SSSR count). The molecule has 1 amide bonds. The van der Waals surface area contributed by atoms with E-state index in [9.17, 15) is 4.79 Å². The van der Waals surface area contributed by atoms with E-state index < -0.39 is 0 Å². The Morgan fingerprint density at radius 2 is 1.91 bits per heavy atom. The summed E-state index contributed by atoms with van der Waals surface area (Å²) in [6.07, 6.45) is 5.25. The van der Waals surface area contributed by atoms with Gasteiger partial charge < -0.3 is 10.6 Å². The maximum Gasteiger partial charge on any atom is 0.228 e. The highest BCUT2D eigenvalue weighted by atomic mass is 35.5. The third-order valence-corrected chi connectivity index (χ3v) is 6.40. The molecular weight excluding hydrogens is 296 g/mol. The zero-order valence-electron chi connectivity index (χ0n) is 12.7. The number of rotatable bonds is 2. The fraction of sp³-hybridized carbons (Fsp3) is 0.611. The number of amides is 1. The Bertz CT molecular complexity index is 601. The molecule has 0 saturated heterocycles. The molecule has 0 aromatic heterocycles. The van der Waals surface area contributed by atoms with Crippen molar-refractivity contribution in [2.75, 3.05) is 11.9 Å². The minimum atomic E-state index is 0. The molecule has 2 bridgehead atoms. The van der Waals surface area contributed by atoms with E-state index in [2.05, 4.69) is 28.8 Å². The molecule has 4 unspecified atom stereocenters. The molecule has 4 aliphatic rings. The minimum Gasteiger partial charge on any atom is -0.326 e. The standard InChI is InChI=1S/C18H22N2O.ClH/c21-18(17-15-11-1-2-12(7-11)16(15)17)20-14-4-3-10-5-6-19-9-13(10)8-14;/h3-4,8,11-12,15-17,19H,1-2,5-7,9H2,(H,20,21);1H. The molecule has 118 valence electrons. The summed E-state index contributed by atoms with van der Waals surface area (Å²) in [6, 6.07) is 6.42. The fourth-order valence-corrected chi connectivity index (χ4v) is 5.46. The van der Waals surface area contributed by atoms with Crippen molar-refractivity contribution >= 4 is 24.0 Å². The SMILES string of the molecule is Cl.O=C(Nc1ccc2c(c1)CNCC2)C1C2C3CCC(C3)C12. The lowest BCUT2D eigenvalue weighted by molar-refractivity contribution is -0.118. The van der Waals surface area contributed by atoms with Crippen LogP contribution in [0.25, 0.3) is 0 Å². The number of hydrogen-bond donors (Lipinski definition) is 2. The normalized spacial score (nSPS) is 37.0. The molecule has 2 N–H and O–H groups in total. The number of benzene rings is 1. The van der Waals surface area contributed by atoms with Gasteiger partial charge in [-0.15, -0.1) is 12.4 Å². The molecule has 0 radical (unpaired) electrons. The molecule has 4 heteroatoms. The monoisotopic (exact) mass is 318 g/mol. The highest BCUT2D eigenvalue weighted by Gasteiger charge is 2.67. The van der Waals surface area contributed by atoms with Gasteiger partial charge in [0.2, 0.25) is 5.91 Å². The summed E-state index contributed by atoms with van der Waals surface area (Å²) >= 11 is 0. The number of fused-ring (bicyclic) bond motifs is 6. The number of halogens is 1. The Morgan fingerprint density at radius 3 is 2.68 bits per heavy atom. The van der Waals surface area contributed by atoms with Gasteiger partial charge >= 0.3 is 0 Å². The van der Waals surface area contributed by atoms with Gasteiger partial charge in [-0.3, -0.25) is 4.79 Å². The van der Waals surface area contributed by atoms with Crippen molar-refractivity contribution in [3.8, 4) is 0 Å². The first-order valence-electron chi connectivity index (χ1n) is 8.44. The van der Waals surface area contributed by atoms with Crippen LogP contribution < -0.4 is 10.6 Å². The van der Waals surface area contributed by atoms with Crippen molar-refractivity contribution in [2.24, 2.45) is 29.6 Å². The smallest absolute Gasteiger partial charge is 0.228 e. The number of anilines is 1. The van der Waals surface area contributed by atoms with Gasteiger partial charge in [-0.05, 0) is 79.2 Å². The van der Waals surface area contributed by atoms with Crippen LogP contribution >= 0.6 is 12.4 Å². The van der Waals surface area contributed by atoms with Gasteiger partial charge in [0.05, 0.1) is 0 Å². The lowest BCUT2D eigenvalue weighted by atomic mass is 10.00. The van der Waals surface area contributed by atoms with Crippen LogP contribution in [0.3, 0.4) is 0 Å². The fourth-order valence-electron chi connectivity index (χ4n) is 5.46. The van der Waals surface area contributed by atoms with Crippen LogP contribution in [-0.4, -0.2) is 12.5 Å². The molecule has 3 nitrogen and oxygen atoms in total. The highest BCUT2D eigenvalue weighted by Crippen LogP contribution is 2.69. The summed E-state index contributed by atoms with van der Waals surface area (Å²) in [7, 11) is 0. The second-order valence-electron chi connectivity index (χ2n) is 7.41.